The van der Waals surface area contributed by atoms with Crippen LogP contribution in [0.25, 0.3) is 0 Å². The Hall–Kier alpha value is -1.99. The van der Waals surface area contributed by atoms with E-state index in [0.29, 0.717) is 44.9 Å². The molecular formula is C68H110O32. The number of rotatable bonds is 16. The number of carbonyl (C=O) groups is 1. The predicted octanol–water partition coefficient (Wildman–Crippen LogP) is -3.95. The number of allylic oxidation sites excluding steroid dienone is 2. The lowest BCUT2D eigenvalue weighted by atomic mass is 9.33. The normalized spacial score (nSPS) is 54.7. The van der Waals surface area contributed by atoms with Gasteiger partial charge in [0.1, 0.15) is 122 Å². The Morgan fingerprint density at radius 3 is 1.77 bits per heavy atom. The molecule has 38 atom stereocenters. The minimum Gasteiger partial charge on any atom is -0.432 e. The number of aliphatic hydroxyl groups is 17. The van der Waals surface area contributed by atoms with Gasteiger partial charge in [-0.15, -0.1) is 0 Å². The molecule has 0 unspecified atom stereocenters. The molecule has 0 radical (unpaired) electrons. The van der Waals surface area contributed by atoms with Gasteiger partial charge < -0.3 is 153 Å². The molecule has 32 heteroatoms. The number of hydrogen-bond acceptors (Lipinski definition) is 32. The van der Waals surface area contributed by atoms with Crippen molar-refractivity contribution in [2.75, 3.05) is 39.6 Å². The lowest BCUT2D eigenvalue weighted by Gasteiger charge is -2.71. The van der Waals surface area contributed by atoms with E-state index in [1.54, 1.807) is 0 Å². The zero-order valence-corrected chi connectivity index (χ0v) is 58.2. The van der Waals surface area contributed by atoms with Crippen molar-refractivity contribution in [1.29, 1.82) is 0 Å². The summed E-state index contributed by atoms with van der Waals surface area (Å²) in [7, 11) is 0. The van der Waals surface area contributed by atoms with Crippen molar-refractivity contribution in [2.45, 2.75) is 317 Å². The average Bonchev–Trinajstić information content (AvgIpc) is 0.742. The molecule has 17 N–H and O–H groups in total. The van der Waals surface area contributed by atoms with Gasteiger partial charge in [-0.1, -0.05) is 60.1 Å². The number of ether oxygens (including phenoxy) is 14. The number of aliphatic hydroxyl groups excluding tert-OH is 16. The Bertz CT molecular complexity index is 2860. The third-order valence-electron chi connectivity index (χ3n) is 26.2. The highest BCUT2D eigenvalue weighted by Crippen LogP contribution is 2.76. The van der Waals surface area contributed by atoms with Crippen LogP contribution in [0, 0.1) is 50.2 Å². The number of carbonyl (C=O) groups excluding carboxylic acids is 1. The zero-order valence-electron chi connectivity index (χ0n) is 58.2. The molecule has 12 aliphatic rings. The predicted molar refractivity (Wildman–Crippen MR) is 334 cm³/mol. The van der Waals surface area contributed by atoms with Crippen LogP contribution in [0.4, 0.5) is 0 Å². The summed E-state index contributed by atoms with van der Waals surface area (Å²) in [6.07, 6.45) is -38.7. The monoisotopic (exact) mass is 1440 g/mol. The lowest BCUT2D eigenvalue weighted by Crippen LogP contribution is -2.66. The minimum absolute atomic E-state index is 0.108. The third-order valence-corrected chi connectivity index (χ3v) is 26.2. The summed E-state index contributed by atoms with van der Waals surface area (Å²) in [6.45, 7) is 15.3. The van der Waals surface area contributed by atoms with Gasteiger partial charge in [-0.05, 0) is 123 Å². The van der Waals surface area contributed by atoms with Gasteiger partial charge in [0.15, 0.2) is 43.8 Å². The minimum atomic E-state index is -2.22. The van der Waals surface area contributed by atoms with E-state index in [1.165, 1.54) is 19.4 Å². The molecule has 7 aliphatic heterocycles. The first-order valence-electron chi connectivity index (χ1n) is 35.6. The van der Waals surface area contributed by atoms with Gasteiger partial charge >= 0.3 is 5.97 Å². The molecule has 0 spiro atoms. The van der Waals surface area contributed by atoms with Crippen LogP contribution in [0.3, 0.4) is 0 Å². The van der Waals surface area contributed by atoms with Crippen molar-refractivity contribution >= 4 is 5.97 Å². The summed E-state index contributed by atoms with van der Waals surface area (Å²) < 4.78 is 84.2. The van der Waals surface area contributed by atoms with Crippen molar-refractivity contribution < 1.29 is 158 Å². The van der Waals surface area contributed by atoms with Gasteiger partial charge in [0.2, 0.25) is 6.29 Å². The van der Waals surface area contributed by atoms with Crippen LogP contribution in [0.2, 0.25) is 0 Å². The van der Waals surface area contributed by atoms with Crippen molar-refractivity contribution in [1.82, 2.24) is 0 Å². The van der Waals surface area contributed by atoms with E-state index >= 15 is 4.79 Å². The van der Waals surface area contributed by atoms with E-state index in [4.69, 9.17) is 66.3 Å². The van der Waals surface area contributed by atoms with E-state index in [-0.39, 0.29) is 40.6 Å². The third kappa shape index (κ3) is 13.4. The fourth-order valence-corrected chi connectivity index (χ4v) is 19.7. The van der Waals surface area contributed by atoms with Gasteiger partial charge in [-0.2, -0.15) is 0 Å². The molecule has 11 fully saturated rings. The summed E-state index contributed by atoms with van der Waals surface area (Å²) in [5, 5.41) is 186. The van der Waals surface area contributed by atoms with Crippen molar-refractivity contribution in [2.24, 2.45) is 50.2 Å². The fourth-order valence-electron chi connectivity index (χ4n) is 19.7. The quantitative estimate of drug-likeness (QED) is 0.0398. The molecule has 32 nitrogen and oxygen atoms in total. The molecule has 0 bridgehead atoms. The first kappa shape index (κ1) is 77.6. The summed E-state index contributed by atoms with van der Waals surface area (Å²) in [6, 6.07) is 0. The average molecular weight is 1440 g/mol. The van der Waals surface area contributed by atoms with Crippen LogP contribution in [0.15, 0.2) is 11.6 Å². The fraction of sp³-hybridized carbons (Fsp3) is 0.956. The molecule has 4 saturated carbocycles. The van der Waals surface area contributed by atoms with Crippen molar-refractivity contribution in [3.63, 3.8) is 0 Å². The molecular weight excluding hydrogens is 1330 g/mol. The zero-order chi connectivity index (χ0) is 72.6. The number of esters is 1. The van der Waals surface area contributed by atoms with Crippen LogP contribution < -0.4 is 0 Å². The van der Waals surface area contributed by atoms with E-state index < -0.39 is 245 Å². The molecule has 7 heterocycles. The summed E-state index contributed by atoms with van der Waals surface area (Å²) in [5.74, 6) is -0.626. The summed E-state index contributed by atoms with van der Waals surface area (Å²) in [5.41, 5.74) is -3.74. The summed E-state index contributed by atoms with van der Waals surface area (Å²) in [4.78, 5) is 15.7. The molecule has 574 valence electrons. The molecule has 0 aromatic carbocycles. The van der Waals surface area contributed by atoms with Crippen molar-refractivity contribution in [3.05, 3.63) is 11.6 Å². The van der Waals surface area contributed by atoms with Crippen LogP contribution in [0.1, 0.15) is 127 Å². The second-order valence-electron chi connectivity index (χ2n) is 33.0. The maximum atomic E-state index is 15.7. The Balaban J connectivity index is 0.751. The molecule has 0 aromatic rings. The Morgan fingerprint density at radius 1 is 0.510 bits per heavy atom. The van der Waals surface area contributed by atoms with Gasteiger partial charge in [0.05, 0.1) is 63.4 Å². The molecule has 7 saturated heterocycles. The van der Waals surface area contributed by atoms with Gasteiger partial charge in [-0.25, -0.2) is 0 Å². The standard InChI is InChI=1S/C68H110O32/c1-27-38(73)42(77)45(80)56(92-27)97-50-33(72)23-88-55(47(50)82)96-49-28(2)93-58(48(83)51(49)98-60-53(84)68(86,25-69)26-91-60)99-52-40(75)32(71)22-89-59(52)100-61(85)67-18-16-62(3,4)20-30(67)29-10-11-36-64(7)14-13-37(63(5,6)35(64)12-15-66(36,9)65(29,8)17-19-67)95-57-46(81)43(78)41(76)34(94-57)24-90-54-44(79)39(74)31(70)21-87-54/h10,27-28,30-60,69-84,86H,11-26H2,1-9H3/t27-,28-,30-,31-,32+,33-,34+,35-,36+,37-,38-,39-,40-,41+,42+,43-,44+,45+,46+,47+,48+,49-,50-,51-,52+,53-,54-,55-,56-,57-,58-,59-,60-,64-,65+,66+,67-,68+/m0/s1. The van der Waals surface area contributed by atoms with Gasteiger partial charge in [0.25, 0.3) is 0 Å². The highest BCUT2D eigenvalue weighted by Gasteiger charge is 2.71. The van der Waals surface area contributed by atoms with Crippen LogP contribution in [-0.4, -0.2) is 322 Å². The van der Waals surface area contributed by atoms with Crippen molar-refractivity contribution in [3.8, 4) is 0 Å². The maximum absolute atomic E-state index is 15.7. The highest BCUT2D eigenvalue weighted by molar-refractivity contribution is 5.79. The van der Waals surface area contributed by atoms with E-state index in [2.05, 4.69) is 54.5 Å². The summed E-state index contributed by atoms with van der Waals surface area (Å²) >= 11 is 0. The second-order valence-corrected chi connectivity index (χ2v) is 33.0. The molecule has 0 amide bonds. The van der Waals surface area contributed by atoms with Crippen LogP contribution in [0.5, 0.6) is 0 Å². The molecule has 12 rings (SSSR count). The van der Waals surface area contributed by atoms with E-state index in [9.17, 15) is 86.8 Å². The lowest BCUT2D eigenvalue weighted by molar-refractivity contribution is -0.387. The SMILES string of the molecule is C[C@@H]1O[C@@H](O[C@@H]2[C@@H](O)[C@H](O[C@@H]3[C@@H](O[C@@H]4OC[C@](O)(CO)[C@H]4O)[C@@H](O)[C@H](O[C@H]4[C@H](OC(=O)[C@]56CCC(C)(C)C[C@H]5C5=CC[C@@H]7[C@@]8(C)CC[C@H](O[C@@H]9O[C@H](CO[C@@H]%10OC[C@H](O)[C@H](O)[C@H]%10O)[C@@H](O)[C@H](O)[C@H]9O)C(C)(C)[C@@H]8CC[C@@]7(C)[C@]5(C)CC6)OC[C@@H](O)[C@@H]4O)O[C@H]3C)OC[C@@H]2O)[C@H](O)[C@H](O)[C@H]1O. The Morgan fingerprint density at radius 2 is 1.08 bits per heavy atom. The molecule has 100 heavy (non-hydrogen) atoms. The van der Waals surface area contributed by atoms with Crippen LogP contribution >= 0.6 is 0 Å². The topological polar surface area (TPSA) is 490 Å². The largest absolute Gasteiger partial charge is 0.432 e. The molecule has 0 aromatic heterocycles. The second kappa shape index (κ2) is 28.9. The van der Waals surface area contributed by atoms with E-state index in [0.717, 1.165) is 19.3 Å². The van der Waals surface area contributed by atoms with Crippen LogP contribution in [-0.2, 0) is 71.1 Å². The maximum Gasteiger partial charge on any atom is 0.315 e. The van der Waals surface area contributed by atoms with Gasteiger partial charge in [-0.3, -0.25) is 4.79 Å². The first-order chi connectivity index (χ1) is 46.9. The highest BCUT2D eigenvalue weighted by atomic mass is 16.8. The first-order valence-corrected chi connectivity index (χ1v) is 35.6. The smallest absolute Gasteiger partial charge is 0.315 e. The number of fused-ring (bicyclic) bond motifs is 7. The Kier molecular flexibility index (Phi) is 22.4. The van der Waals surface area contributed by atoms with E-state index in [1.807, 2.05) is 0 Å². The number of hydrogen-bond donors (Lipinski definition) is 17. The Labute approximate surface area is 580 Å². The van der Waals surface area contributed by atoms with Gasteiger partial charge in [0, 0.05) is 0 Å². The molecule has 5 aliphatic carbocycles.